The minimum Gasteiger partial charge on any atom is -0.497 e. The maximum absolute atomic E-state index is 12.5. The summed E-state index contributed by atoms with van der Waals surface area (Å²) in [6, 6.07) is 11.7. The van der Waals surface area contributed by atoms with Crippen LogP contribution in [0.4, 0.5) is 0 Å². The number of rotatable bonds is 4. The number of aromatic nitrogens is 1. The Morgan fingerprint density at radius 1 is 1.30 bits per heavy atom. The van der Waals surface area contributed by atoms with Crippen LogP contribution in [0.15, 0.2) is 54.9 Å². The van der Waals surface area contributed by atoms with Gasteiger partial charge in [0.05, 0.1) is 13.2 Å². The molecule has 1 amide bonds. The number of carbonyl (C=O) groups is 1. The summed E-state index contributed by atoms with van der Waals surface area (Å²) in [6.45, 7) is 0.797. The van der Waals surface area contributed by atoms with E-state index in [0.29, 0.717) is 0 Å². The number of methoxy groups -OCH3 is 1. The van der Waals surface area contributed by atoms with E-state index in [1.54, 1.807) is 19.4 Å². The molecule has 1 saturated heterocycles. The third kappa shape index (κ3) is 3.59. The Kier molecular flexibility index (Phi) is 4.71. The molecule has 0 bridgehead atoms. The Morgan fingerprint density at radius 3 is 2.83 bits per heavy atom. The predicted molar refractivity (Wildman–Crippen MR) is 90.0 cm³/mol. The molecule has 0 aliphatic carbocycles. The maximum Gasteiger partial charge on any atom is 0.247 e. The molecular formula is C19H20N2O2. The summed E-state index contributed by atoms with van der Waals surface area (Å²) in [5.41, 5.74) is 2.09. The van der Waals surface area contributed by atoms with Gasteiger partial charge < -0.3 is 9.64 Å². The molecular weight excluding hydrogens is 288 g/mol. The molecule has 2 aromatic rings. The molecule has 0 radical (unpaired) electrons. The van der Waals surface area contributed by atoms with E-state index >= 15 is 0 Å². The second kappa shape index (κ2) is 7.09. The van der Waals surface area contributed by atoms with E-state index in [-0.39, 0.29) is 11.9 Å². The van der Waals surface area contributed by atoms with Gasteiger partial charge in [0.25, 0.3) is 0 Å². The molecule has 23 heavy (non-hydrogen) atoms. The number of pyridine rings is 1. The molecule has 3 rings (SSSR count). The number of amides is 1. The zero-order valence-electron chi connectivity index (χ0n) is 13.2. The molecule has 1 aliphatic heterocycles. The van der Waals surface area contributed by atoms with Crippen molar-refractivity contribution in [2.45, 2.75) is 18.9 Å². The minimum atomic E-state index is 0.0483. The lowest BCUT2D eigenvalue weighted by molar-refractivity contribution is -0.126. The summed E-state index contributed by atoms with van der Waals surface area (Å²) < 4.78 is 5.13. The van der Waals surface area contributed by atoms with Crippen molar-refractivity contribution in [3.05, 3.63) is 66.0 Å². The summed E-state index contributed by atoms with van der Waals surface area (Å²) in [7, 11) is 1.64. The quantitative estimate of drug-likeness (QED) is 0.812. The van der Waals surface area contributed by atoms with E-state index in [2.05, 4.69) is 4.98 Å². The first kappa shape index (κ1) is 15.3. The lowest BCUT2D eigenvalue weighted by Crippen LogP contribution is -2.28. The van der Waals surface area contributed by atoms with Gasteiger partial charge in [-0.3, -0.25) is 9.78 Å². The molecule has 1 unspecified atom stereocenters. The van der Waals surface area contributed by atoms with Gasteiger partial charge >= 0.3 is 0 Å². The lowest BCUT2D eigenvalue weighted by atomic mass is 10.1. The van der Waals surface area contributed by atoms with Gasteiger partial charge in [-0.05, 0) is 48.2 Å². The SMILES string of the molecule is COc1ccc(/C=C/C(=O)N2CCCC2c2cccnc2)cc1. The molecule has 1 fully saturated rings. The van der Waals surface area contributed by atoms with E-state index in [1.807, 2.05) is 53.6 Å². The Hall–Kier alpha value is -2.62. The second-order valence-corrected chi connectivity index (χ2v) is 5.58. The van der Waals surface area contributed by atoms with E-state index in [0.717, 1.165) is 36.3 Å². The van der Waals surface area contributed by atoms with Crippen molar-refractivity contribution in [3.8, 4) is 5.75 Å². The zero-order valence-corrected chi connectivity index (χ0v) is 13.2. The number of ether oxygens (including phenoxy) is 1. The smallest absolute Gasteiger partial charge is 0.247 e. The highest BCUT2D eigenvalue weighted by molar-refractivity contribution is 5.92. The van der Waals surface area contributed by atoms with Gasteiger partial charge in [0.15, 0.2) is 0 Å². The molecule has 1 aromatic carbocycles. The molecule has 0 spiro atoms. The molecule has 118 valence electrons. The van der Waals surface area contributed by atoms with Crippen molar-refractivity contribution < 1.29 is 9.53 Å². The Bertz CT molecular complexity index is 680. The fourth-order valence-electron chi connectivity index (χ4n) is 2.93. The van der Waals surface area contributed by atoms with Gasteiger partial charge in [-0.2, -0.15) is 0 Å². The third-order valence-electron chi connectivity index (χ3n) is 4.14. The van der Waals surface area contributed by atoms with Crippen LogP contribution < -0.4 is 4.74 Å². The van der Waals surface area contributed by atoms with E-state index in [4.69, 9.17) is 4.74 Å². The van der Waals surface area contributed by atoms with Crippen molar-refractivity contribution >= 4 is 12.0 Å². The minimum absolute atomic E-state index is 0.0483. The van der Waals surface area contributed by atoms with E-state index < -0.39 is 0 Å². The first-order chi connectivity index (χ1) is 11.3. The number of nitrogens with zero attached hydrogens (tertiary/aromatic N) is 2. The van der Waals surface area contributed by atoms with Gasteiger partial charge in [-0.1, -0.05) is 18.2 Å². The summed E-state index contributed by atoms with van der Waals surface area (Å²) in [6.07, 6.45) is 9.13. The Morgan fingerprint density at radius 2 is 2.13 bits per heavy atom. The van der Waals surface area contributed by atoms with Crippen molar-refractivity contribution in [1.29, 1.82) is 0 Å². The number of carbonyl (C=O) groups excluding carboxylic acids is 1. The molecule has 0 N–H and O–H groups in total. The fraction of sp³-hybridized carbons (Fsp3) is 0.263. The number of likely N-dealkylation sites (tertiary alicyclic amines) is 1. The van der Waals surface area contributed by atoms with Crippen LogP contribution in [-0.4, -0.2) is 29.4 Å². The molecule has 2 heterocycles. The Labute approximate surface area is 136 Å². The van der Waals surface area contributed by atoms with E-state index in [9.17, 15) is 4.79 Å². The van der Waals surface area contributed by atoms with Gasteiger partial charge in [-0.25, -0.2) is 0 Å². The number of hydrogen-bond acceptors (Lipinski definition) is 3. The van der Waals surface area contributed by atoms with Crippen LogP contribution >= 0.6 is 0 Å². The van der Waals surface area contributed by atoms with Crippen LogP contribution in [0.3, 0.4) is 0 Å². The van der Waals surface area contributed by atoms with Crippen molar-refractivity contribution in [3.63, 3.8) is 0 Å². The maximum atomic E-state index is 12.5. The number of benzene rings is 1. The first-order valence-corrected chi connectivity index (χ1v) is 7.80. The van der Waals surface area contributed by atoms with Gasteiger partial charge in [-0.15, -0.1) is 0 Å². The van der Waals surface area contributed by atoms with Crippen LogP contribution in [-0.2, 0) is 4.79 Å². The molecule has 0 saturated carbocycles. The highest BCUT2D eigenvalue weighted by Crippen LogP contribution is 2.31. The summed E-state index contributed by atoms with van der Waals surface area (Å²) in [4.78, 5) is 18.6. The van der Waals surface area contributed by atoms with Crippen LogP contribution in [0.5, 0.6) is 5.75 Å². The highest BCUT2D eigenvalue weighted by Gasteiger charge is 2.28. The van der Waals surface area contributed by atoms with Crippen molar-refractivity contribution in [1.82, 2.24) is 9.88 Å². The third-order valence-corrected chi connectivity index (χ3v) is 4.14. The van der Waals surface area contributed by atoms with E-state index in [1.165, 1.54) is 0 Å². The normalized spacial score (nSPS) is 17.6. The van der Waals surface area contributed by atoms with Gasteiger partial charge in [0.1, 0.15) is 5.75 Å². The topological polar surface area (TPSA) is 42.4 Å². The summed E-state index contributed by atoms with van der Waals surface area (Å²) in [5.74, 6) is 0.858. The molecule has 4 nitrogen and oxygen atoms in total. The molecule has 1 atom stereocenters. The first-order valence-electron chi connectivity index (χ1n) is 7.80. The second-order valence-electron chi connectivity index (χ2n) is 5.58. The van der Waals surface area contributed by atoms with Crippen LogP contribution in [0, 0.1) is 0 Å². The van der Waals surface area contributed by atoms with Crippen LogP contribution in [0.25, 0.3) is 6.08 Å². The predicted octanol–water partition coefficient (Wildman–Crippen LogP) is 3.47. The van der Waals surface area contributed by atoms with Crippen LogP contribution in [0.1, 0.15) is 30.0 Å². The number of hydrogen-bond donors (Lipinski definition) is 0. The largest absolute Gasteiger partial charge is 0.497 e. The van der Waals surface area contributed by atoms with Gasteiger partial charge in [0.2, 0.25) is 5.91 Å². The molecule has 1 aromatic heterocycles. The average Bonchev–Trinajstić information content (AvgIpc) is 3.11. The Balaban J connectivity index is 1.70. The van der Waals surface area contributed by atoms with Crippen molar-refractivity contribution in [2.24, 2.45) is 0 Å². The van der Waals surface area contributed by atoms with Crippen LogP contribution in [0.2, 0.25) is 0 Å². The summed E-state index contributed by atoms with van der Waals surface area (Å²) in [5, 5.41) is 0. The standard InChI is InChI=1S/C19H20N2O2/c1-23-17-9-6-15(7-10-17)8-11-19(22)21-13-3-5-18(21)16-4-2-12-20-14-16/h2,4,6-12,14,18H,3,5,13H2,1H3/b11-8+. The highest BCUT2D eigenvalue weighted by atomic mass is 16.5. The molecule has 1 aliphatic rings. The summed E-state index contributed by atoms with van der Waals surface area (Å²) >= 11 is 0. The lowest BCUT2D eigenvalue weighted by Gasteiger charge is -2.23. The van der Waals surface area contributed by atoms with Gasteiger partial charge in [0, 0.05) is 25.0 Å². The monoisotopic (exact) mass is 308 g/mol. The molecule has 4 heteroatoms. The zero-order chi connectivity index (χ0) is 16.1. The van der Waals surface area contributed by atoms with Crippen molar-refractivity contribution in [2.75, 3.05) is 13.7 Å². The average molecular weight is 308 g/mol. The fourth-order valence-corrected chi connectivity index (χ4v) is 2.93.